The predicted molar refractivity (Wildman–Crippen MR) is 55.2 cm³/mol. The molecule has 5 nitrogen and oxygen atoms in total. The van der Waals surface area contributed by atoms with E-state index in [2.05, 4.69) is 0 Å². The molecule has 0 aliphatic carbocycles. The fourth-order valence-electron chi connectivity index (χ4n) is 1.42. The molecular weight excluding hydrogens is 220 g/mol. The molecule has 3 N–H and O–H groups in total. The van der Waals surface area contributed by atoms with Crippen LogP contribution in [0.2, 0.25) is 0 Å². The lowest BCUT2D eigenvalue weighted by molar-refractivity contribution is -0.142. The second kappa shape index (κ2) is 5.16. The van der Waals surface area contributed by atoms with Crippen molar-refractivity contribution < 1.29 is 24.9 Å². The zero-order chi connectivity index (χ0) is 11.6. The maximum Gasteiger partial charge on any atom is 0.302 e. The van der Waals surface area contributed by atoms with Crippen molar-refractivity contribution >= 4 is 17.7 Å². The molecule has 1 rings (SSSR count). The Labute approximate surface area is 92.4 Å². The maximum absolute atomic E-state index is 10.6. The summed E-state index contributed by atoms with van der Waals surface area (Å²) in [7, 11) is 0. The second-order valence-electron chi connectivity index (χ2n) is 3.71. The standard InChI is InChI=1S/C9H16O5S/c1-4-7(11)8(12)6(15-9(4)13)3-14-5(2)10/h4,6-9,11-13H,3H2,1-2H3/t4?,6?,7-,8-,9+/m1/s1. The number of hydrogen-bond acceptors (Lipinski definition) is 6. The highest BCUT2D eigenvalue weighted by Crippen LogP contribution is 2.34. The minimum atomic E-state index is -0.984. The molecule has 15 heavy (non-hydrogen) atoms. The van der Waals surface area contributed by atoms with Gasteiger partial charge in [-0.1, -0.05) is 6.92 Å². The molecule has 0 aromatic heterocycles. The number of carbonyl (C=O) groups is 1. The SMILES string of the molecule is CC(=O)OCC1S[C@H](O)C(C)[C@@H](O)[C@@H]1O. The van der Waals surface area contributed by atoms with Gasteiger partial charge < -0.3 is 20.1 Å². The van der Waals surface area contributed by atoms with E-state index in [9.17, 15) is 20.1 Å². The number of carbonyl (C=O) groups excluding carboxylic acids is 1. The monoisotopic (exact) mass is 236 g/mol. The Kier molecular flexibility index (Phi) is 4.39. The highest BCUT2D eigenvalue weighted by atomic mass is 32.2. The van der Waals surface area contributed by atoms with Crippen LogP contribution in [0.5, 0.6) is 0 Å². The molecule has 0 aromatic carbocycles. The highest BCUT2D eigenvalue weighted by Gasteiger charge is 2.41. The molecule has 0 aromatic rings. The molecule has 1 aliphatic heterocycles. The largest absolute Gasteiger partial charge is 0.465 e. The van der Waals surface area contributed by atoms with Crippen LogP contribution in [0.1, 0.15) is 13.8 Å². The number of rotatable bonds is 2. The number of esters is 1. The quantitative estimate of drug-likeness (QED) is 0.552. The second-order valence-corrected chi connectivity index (χ2v) is 5.07. The van der Waals surface area contributed by atoms with Crippen LogP contribution < -0.4 is 0 Å². The van der Waals surface area contributed by atoms with Crippen LogP contribution in [0.15, 0.2) is 0 Å². The summed E-state index contributed by atoms with van der Waals surface area (Å²) in [5.74, 6) is -0.830. The molecule has 0 saturated carbocycles. The lowest BCUT2D eigenvalue weighted by atomic mass is 9.97. The molecule has 1 aliphatic rings. The summed E-state index contributed by atoms with van der Waals surface area (Å²) < 4.78 is 4.74. The van der Waals surface area contributed by atoms with E-state index >= 15 is 0 Å². The van der Waals surface area contributed by atoms with Crippen molar-refractivity contribution in [2.75, 3.05) is 6.61 Å². The summed E-state index contributed by atoms with van der Waals surface area (Å²) in [6, 6.07) is 0. The van der Waals surface area contributed by atoms with Gasteiger partial charge in [-0.15, -0.1) is 11.8 Å². The zero-order valence-corrected chi connectivity index (χ0v) is 9.48. The van der Waals surface area contributed by atoms with Crippen molar-refractivity contribution in [1.82, 2.24) is 0 Å². The topological polar surface area (TPSA) is 87.0 Å². The fraction of sp³-hybridized carbons (Fsp3) is 0.889. The first-order valence-electron chi connectivity index (χ1n) is 4.76. The summed E-state index contributed by atoms with van der Waals surface area (Å²) >= 11 is 1.12. The van der Waals surface area contributed by atoms with E-state index in [0.717, 1.165) is 11.8 Å². The Balaban J connectivity index is 2.54. The minimum absolute atomic E-state index is 0.00199. The first kappa shape index (κ1) is 12.8. The lowest BCUT2D eigenvalue weighted by Gasteiger charge is -2.38. The van der Waals surface area contributed by atoms with Crippen molar-refractivity contribution in [3.8, 4) is 0 Å². The van der Waals surface area contributed by atoms with Gasteiger partial charge in [0.05, 0.1) is 17.5 Å². The smallest absolute Gasteiger partial charge is 0.302 e. The van der Waals surface area contributed by atoms with Crippen molar-refractivity contribution in [2.24, 2.45) is 5.92 Å². The van der Waals surface area contributed by atoms with E-state index < -0.39 is 34.8 Å². The summed E-state index contributed by atoms with van der Waals surface area (Å²) in [6.45, 7) is 2.94. The molecule has 1 fully saturated rings. The number of thioether (sulfide) groups is 1. The van der Waals surface area contributed by atoms with Crippen LogP contribution in [0, 0.1) is 5.92 Å². The average Bonchev–Trinajstić information content (AvgIpc) is 2.18. The van der Waals surface area contributed by atoms with Crippen LogP contribution in [-0.4, -0.2) is 50.8 Å². The molecule has 1 saturated heterocycles. The fourth-order valence-corrected chi connectivity index (χ4v) is 2.66. The first-order valence-corrected chi connectivity index (χ1v) is 5.70. The molecule has 0 amide bonds. The van der Waals surface area contributed by atoms with E-state index in [-0.39, 0.29) is 6.61 Å². The Morgan fingerprint density at radius 2 is 1.93 bits per heavy atom. The molecule has 0 bridgehead atoms. The number of ether oxygens (including phenoxy) is 1. The Morgan fingerprint density at radius 1 is 1.33 bits per heavy atom. The van der Waals surface area contributed by atoms with Crippen LogP contribution >= 0.6 is 11.8 Å². The van der Waals surface area contributed by atoms with Gasteiger partial charge in [0, 0.05) is 12.8 Å². The van der Waals surface area contributed by atoms with Gasteiger partial charge in [0.15, 0.2) is 0 Å². The van der Waals surface area contributed by atoms with Gasteiger partial charge in [-0.25, -0.2) is 0 Å². The van der Waals surface area contributed by atoms with E-state index in [0.29, 0.717) is 0 Å². The van der Waals surface area contributed by atoms with Gasteiger partial charge in [0.1, 0.15) is 12.0 Å². The normalized spacial score (nSPS) is 41.3. The predicted octanol–water partition coefficient (Wildman–Crippen LogP) is -0.659. The van der Waals surface area contributed by atoms with E-state index in [1.807, 2.05) is 0 Å². The van der Waals surface area contributed by atoms with E-state index in [1.165, 1.54) is 6.92 Å². The number of hydrogen-bond donors (Lipinski definition) is 3. The van der Waals surface area contributed by atoms with Gasteiger partial charge in [0.2, 0.25) is 0 Å². The van der Waals surface area contributed by atoms with Crippen molar-refractivity contribution in [3.63, 3.8) is 0 Å². The third-order valence-electron chi connectivity index (χ3n) is 2.48. The lowest BCUT2D eigenvalue weighted by Crippen LogP contribution is -2.50. The molecule has 5 atom stereocenters. The third kappa shape index (κ3) is 3.07. The molecule has 2 unspecified atom stereocenters. The van der Waals surface area contributed by atoms with Gasteiger partial charge in [-0.2, -0.15) is 0 Å². The minimum Gasteiger partial charge on any atom is -0.465 e. The van der Waals surface area contributed by atoms with Gasteiger partial charge >= 0.3 is 5.97 Å². The van der Waals surface area contributed by atoms with E-state index in [1.54, 1.807) is 6.92 Å². The van der Waals surface area contributed by atoms with Gasteiger partial charge in [-0.05, 0) is 0 Å². The van der Waals surface area contributed by atoms with Crippen molar-refractivity contribution in [2.45, 2.75) is 36.7 Å². The average molecular weight is 236 g/mol. The Hall–Kier alpha value is -0.300. The Morgan fingerprint density at radius 3 is 2.47 bits per heavy atom. The highest BCUT2D eigenvalue weighted by molar-refractivity contribution is 8.00. The summed E-state index contributed by atoms with van der Waals surface area (Å²) in [4.78, 5) is 10.6. The van der Waals surface area contributed by atoms with Crippen molar-refractivity contribution in [3.05, 3.63) is 0 Å². The zero-order valence-electron chi connectivity index (χ0n) is 8.66. The van der Waals surface area contributed by atoms with Crippen LogP contribution in [0.3, 0.4) is 0 Å². The molecular formula is C9H16O5S. The maximum atomic E-state index is 10.6. The molecule has 88 valence electrons. The van der Waals surface area contributed by atoms with Gasteiger partial charge in [-0.3, -0.25) is 4.79 Å². The van der Waals surface area contributed by atoms with Crippen LogP contribution in [0.25, 0.3) is 0 Å². The summed E-state index contributed by atoms with van der Waals surface area (Å²) in [5, 5.41) is 28.3. The third-order valence-corrected chi connectivity index (χ3v) is 3.96. The van der Waals surface area contributed by atoms with Crippen LogP contribution in [0.4, 0.5) is 0 Å². The van der Waals surface area contributed by atoms with Crippen molar-refractivity contribution in [1.29, 1.82) is 0 Å². The molecule has 0 radical (unpaired) electrons. The molecule has 1 heterocycles. The van der Waals surface area contributed by atoms with Gasteiger partial charge in [0.25, 0.3) is 0 Å². The van der Waals surface area contributed by atoms with Crippen LogP contribution in [-0.2, 0) is 9.53 Å². The Bertz CT molecular complexity index is 235. The summed E-state index contributed by atoms with van der Waals surface area (Å²) in [6.07, 6.45) is -1.96. The summed E-state index contributed by atoms with van der Waals surface area (Å²) in [5.41, 5.74) is -0.746. The first-order chi connectivity index (χ1) is 6.93. The molecule has 0 spiro atoms. The number of aliphatic hydroxyl groups excluding tert-OH is 3. The number of aliphatic hydroxyl groups is 3. The van der Waals surface area contributed by atoms with E-state index in [4.69, 9.17) is 4.74 Å². The molecule has 6 heteroatoms.